The van der Waals surface area contributed by atoms with E-state index in [1.807, 2.05) is 0 Å². The van der Waals surface area contributed by atoms with E-state index in [0.29, 0.717) is 0 Å². The molecule has 0 saturated carbocycles. The van der Waals surface area contributed by atoms with Crippen molar-refractivity contribution in [1.82, 2.24) is 0 Å². The number of hydrogen-bond acceptors (Lipinski definition) is 0. The van der Waals surface area contributed by atoms with Crippen molar-refractivity contribution in [2.45, 2.75) is 33.1 Å². The second-order valence-corrected chi connectivity index (χ2v) is 1.71. The van der Waals surface area contributed by atoms with Gasteiger partial charge in [0.05, 0.1) is 0 Å². The van der Waals surface area contributed by atoms with Gasteiger partial charge in [0.25, 0.3) is 0 Å². The molecule has 0 heteroatoms. The van der Waals surface area contributed by atoms with E-state index in [2.05, 4.69) is 20.8 Å². The third kappa shape index (κ3) is 2.67. The maximum absolute atomic E-state index is 3.79. The normalized spacial score (nSPS) is 10.3. The highest BCUT2D eigenvalue weighted by molar-refractivity contribution is 4.86. The molecule has 0 spiro atoms. The van der Waals surface area contributed by atoms with Gasteiger partial charge in [-0.15, -0.1) is 0 Å². The molecule has 7 heavy (non-hydrogen) atoms. The van der Waals surface area contributed by atoms with E-state index in [9.17, 15) is 0 Å². The fraction of sp³-hybridized carbons (Fsp3) is 0.714. The highest BCUT2D eigenvalue weighted by atomic mass is 14.0. The molecule has 0 aromatic heterocycles. The van der Waals surface area contributed by atoms with Crippen LogP contribution in [-0.4, -0.2) is 0 Å². The molecule has 42 valence electrons. The van der Waals surface area contributed by atoms with Gasteiger partial charge in [0.15, 0.2) is 0 Å². The summed E-state index contributed by atoms with van der Waals surface area (Å²) in [7, 11) is 0. The summed E-state index contributed by atoms with van der Waals surface area (Å²) in [6.45, 7) is 8.16. The smallest absolute Gasteiger partial charge is 0.0246 e. The van der Waals surface area contributed by atoms with Crippen molar-refractivity contribution in [3.05, 3.63) is 12.8 Å². The molecule has 0 unspecified atom stereocenters. The Morgan fingerprint density at radius 1 is 1.29 bits per heavy atom. The van der Waals surface area contributed by atoms with Crippen molar-refractivity contribution in [1.29, 1.82) is 0 Å². The Bertz CT molecular complexity index is 21.5. The predicted molar refractivity (Wildman–Crippen MR) is 33.8 cm³/mol. The third-order valence-corrected chi connectivity index (χ3v) is 1.35. The van der Waals surface area contributed by atoms with Crippen molar-refractivity contribution in [3.8, 4) is 0 Å². The molecule has 0 rings (SSSR count). The van der Waals surface area contributed by atoms with Gasteiger partial charge in [-0.2, -0.15) is 0 Å². The predicted octanol–water partition coefficient (Wildman–Crippen LogP) is 2.61. The van der Waals surface area contributed by atoms with Crippen LogP contribution in [0.2, 0.25) is 0 Å². The Labute approximate surface area is 46.9 Å². The van der Waals surface area contributed by atoms with Crippen LogP contribution in [0, 0.1) is 12.8 Å². The molecule has 0 amide bonds. The van der Waals surface area contributed by atoms with Crippen LogP contribution in [0.15, 0.2) is 0 Å². The van der Waals surface area contributed by atoms with E-state index in [-0.39, 0.29) is 0 Å². The van der Waals surface area contributed by atoms with Gasteiger partial charge in [0.2, 0.25) is 0 Å². The lowest BCUT2D eigenvalue weighted by molar-refractivity contribution is 0.768. The Balaban J connectivity index is 2.99. The van der Waals surface area contributed by atoms with Crippen LogP contribution in [0.3, 0.4) is 0 Å². The summed E-state index contributed by atoms with van der Waals surface area (Å²) >= 11 is 0. The third-order valence-electron chi connectivity index (χ3n) is 1.35. The van der Waals surface area contributed by atoms with Gasteiger partial charge in [-0.3, -0.25) is 0 Å². The van der Waals surface area contributed by atoms with E-state index in [4.69, 9.17) is 0 Å². The lowest BCUT2D eigenvalue weighted by Crippen LogP contribution is -1.88. The summed E-state index contributed by atoms with van der Waals surface area (Å²) in [6.07, 6.45) is 3.44. The summed E-state index contributed by atoms with van der Waals surface area (Å²) in [6, 6.07) is 0. The topological polar surface area (TPSA) is 0 Å². The average Bonchev–Trinajstić information content (AvgIpc) is 1.72. The molecule has 0 aliphatic carbocycles. The monoisotopic (exact) mass is 98.1 g/mol. The summed E-state index contributed by atoms with van der Waals surface area (Å²) in [4.78, 5) is 0. The first-order chi connectivity index (χ1) is 3.35. The molecule has 0 fully saturated rings. The molecule has 0 saturated heterocycles. The zero-order valence-electron chi connectivity index (χ0n) is 5.33. The lowest BCUT2D eigenvalue weighted by atomic mass is 10.0. The van der Waals surface area contributed by atoms with Crippen molar-refractivity contribution >= 4 is 0 Å². The van der Waals surface area contributed by atoms with E-state index in [1.165, 1.54) is 12.8 Å². The van der Waals surface area contributed by atoms with E-state index in [1.54, 1.807) is 5.92 Å². The van der Waals surface area contributed by atoms with Gasteiger partial charge >= 0.3 is 0 Å². The van der Waals surface area contributed by atoms with Gasteiger partial charge in [-0.1, -0.05) is 20.8 Å². The van der Waals surface area contributed by atoms with Crippen LogP contribution >= 0.6 is 0 Å². The van der Waals surface area contributed by atoms with Crippen LogP contribution < -0.4 is 0 Å². The first-order valence-corrected chi connectivity index (χ1v) is 2.97. The molecule has 0 aliphatic heterocycles. The minimum atomic E-state index is 1.02. The SMILES string of the molecule is [CH2]C[C](CC)CC. The maximum Gasteiger partial charge on any atom is -0.0246 e. The van der Waals surface area contributed by atoms with Gasteiger partial charge in [-0.05, 0) is 25.2 Å². The zero-order chi connectivity index (χ0) is 5.70. The Hall–Kier alpha value is 0. The van der Waals surface area contributed by atoms with Crippen LogP contribution in [0.5, 0.6) is 0 Å². The van der Waals surface area contributed by atoms with Gasteiger partial charge in [0.1, 0.15) is 0 Å². The molecule has 0 N–H and O–H groups in total. The van der Waals surface area contributed by atoms with E-state index >= 15 is 0 Å². The number of rotatable bonds is 3. The molecule has 0 heterocycles. The van der Waals surface area contributed by atoms with Crippen LogP contribution in [0.4, 0.5) is 0 Å². The minimum Gasteiger partial charge on any atom is -0.0648 e. The molecule has 0 nitrogen and oxygen atoms in total. The molecule has 0 atom stereocenters. The van der Waals surface area contributed by atoms with Crippen molar-refractivity contribution in [2.75, 3.05) is 0 Å². The summed E-state index contributed by atoms with van der Waals surface area (Å²) in [5.41, 5.74) is 0. The second kappa shape index (κ2) is 4.17. The van der Waals surface area contributed by atoms with Crippen LogP contribution in [0.25, 0.3) is 0 Å². The Kier molecular flexibility index (Phi) is 4.17. The largest absolute Gasteiger partial charge is 0.0648 e. The summed E-state index contributed by atoms with van der Waals surface area (Å²) in [5.74, 6) is 1.57. The minimum absolute atomic E-state index is 1.02. The second-order valence-electron chi connectivity index (χ2n) is 1.71. The standard InChI is InChI=1S/C7H14/c1-4-7(5-2)6-3/h1,4-6H2,2-3H3. The number of hydrogen-bond donors (Lipinski definition) is 0. The van der Waals surface area contributed by atoms with Crippen molar-refractivity contribution in [2.24, 2.45) is 0 Å². The molecular formula is C7H14. The fourth-order valence-corrected chi connectivity index (χ4v) is 0.604. The molecule has 0 aliphatic rings. The van der Waals surface area contributed by atoms with Crippen LogP contribution in [0.1, 0.15) is 33.1 Å². The summed E-state index contributed by atoms with van der Waals surface area (Å²) < 4.78 is 0. The van der Waals surface area contributed by atoms with E-state index in [0.717, 1.165) is 6.42 Å². The molecule has 0 aromatic carbocycles. The highest BCUT2D eigenvalue weighted by Crippen LogP contribution is 2.12. The van der Waals surface area contributed by atoms with E-state index < -0.39 is 0 Å². The fourth-order valence-electron chi connectivity index (χ4n) is 0.604. The molecule has 2 radical (unpaired) electrons. The Morgan fingerprint density at radius 3 is 1.71 bits per heavy atom. The maximum atomic E-state index is 3.79. The molecule has 0 aromatic rings. The highest BCUT2D eigenvalue weighted by Gasteiger charge is 1.96. The Morgan fingerprint density at radius 2 is 1.71 bits per heavy atom. The van der Waals surface area contributed by atoms with Gasteiger partial charge < -0.3 is 0 Å². The zero-order valence-corrected chi connectivity index (χ0v) is 5.33. The van der Waals surface area contributed by atoms with Gasteiger partial charge in [-0.25, -0.2) is 0 Å². The van der Waals surface area contributed by atoms with Gasteiger partial charge in [0, 0.05) is 0 Å². The van der Waals surface area contributed by atoms with Crippen molar-refractivity contribution in [3.63, 3.8) is 0 Å². The lowest BCUT2D eigenvalue weighted by Gasteiger charge is -2.04. The molecular weight excluding hydrogens is 84.1 g/mol. The first kappa shape index (κ1) is 7.00. The summed E-state index contributed by atoms with van der Waals surface area (Å²) in [5, 5.41) is 0. The average molecular weight is 98.2 g/mol. The van der Waals surface area contributed by atoms with Crippen molar-refractivity contribution < 1.29 is 0 Å². The van der Waals surface area contributed by atoms with Crippen LogP contribution in [-0.2, 0) is 0 Å². The molecule has 0 bridgehead atoms. The quantitative estimate of drug-likeness (QED) is 0.509. The first-order valence-electron chi connectivity index (χ1n) is 2.97.